The van der Waals surface area contributed by atoms with Gasteiger partial charge < -0.3 is 0 Å². The van der Waals surface area contributed by atoms with Gasteiger partial charge in [-0.1, -0.05) is 0 Å². The van der Waals surface area contributed by atoms with Crippen molar-refractivity contribution in [2.24, 2.45) is 0 Å². The number of hydrogen-bond acceptors (Lipinski definition) is 3. The number of nitrogens with zero attached hydrogens (tertiary/aromatic N) is 2. The van der Waals surface area contributed by atoms with E-state index in [1.807, 2.05) is 6.07 Å². The zero-order chi connectivity index (χ0) is 9.90. The Morgan fingerprint density at radius 2 is 2.15 bits per heavy atom. The van der Waals surface area contributed by atoms with Gasteiger partial charge in [-0.05, 0) is 12.8 Å². The normalized spacial score (nSPS) is 17.3. The Morgan fingerprint density at radius 3 is 2.54 bits per heavy atom. The van der Waals surface area contributed by atoms with Gasteiger partial charge in [0.05, 0.1) is 6.07 Å². The summed E-state index contributed by atoms with van der Waals surface area (Å²) in [6.07, 6.45) is 2.01. The van der Waals surface area contributed by atoms with Crippen LogP contribution in [0, 0.1) is 11.3 Å². The number of alkyl halides is 1. The molecule has 0 aromatic rings. The molecule has 0 amide bonds. The van der Waals surface area contributed by atoms with Crippen molar-refractivity contribution in [1.29, 1.82) is 5.26 Å². The van der Waals surface area contributed by atoms with E-state index in [4.69, 9.17) is 16.9 Å². The second kappa shape index (κ2) is 4.27. The van der Waals surface area contributed by atoms with E-state index in [9.17, 15) is 8.42 Å². The van der Waals surface area contributed by atoms with E-state index < -0.39 is 15.2 Å². The van der Waals surface area contributed by atoms with Crippen LogP contribution in [-0.4, -0.2) is 30.5 Å². The fourth-order valence-electron chi connectivity index (χ4n) is 1.13. The smallest absolute Gasteiger partial charge is 0.211 e. The van der Waals surface area contributed by atoms with E-state index in [1.165, 1.54) is 4.31 Å². The van der Waals surface area contributed by atoms with E-state index in [0.29, 0.717) is 0 Å². The van der Waals surface area contributed by atoms with Gasteiger partial charge in [-0.3, -0.25) is 0 Å². The van der Waals surface area contributed by atoms with Gasteiger partial charge in [0.2, 0.25) is 10.0 Å². The Labute approximate surface area is 83.1 Å². The predicted molar refractivity (Wildman–Crippen MR) is 49.6 cm³/mol. The van der Waals surface area contributed by atoms with E-state index in [2.05, 4.69) is 0 Å². The molecule has 1 fully saturated rings. The van der Waals surface area contributed by atoms with Crippen LogP contribution in [0.15, 0.2) is 0 Å². The Hall–Kier alpha value is -0.310. The Morgan fingerprint density at radius 1 is 1.54 bits per heavy atom. The molecule has 1 rings (SSSR count). The first-order valence-electron chi connectivity index (χ1n) is 4.04. The van der Waals surface area contributed by atoms with Gasteiger partial charge in [0.15, 0.2) is 0 Å². The van der Waals surface area contributed by atoms with Crippen LogP contribution in [-0.2, 0) is 10.0 Å². The van der Waals surface area contributed by atoms with E-state index in [-0.39, 0.29) is 19.0 Å². The molecule has 0 radical (unpaired) electrons. The highest BCUT2D eigenvalue weighted by atomic mass is 35.5. The molecular weight excluding hydrogens is 212 g/mol. The number of rotatable bonds is 5. The molecule has 1 saturated carbocycles. The van der Waals surface area contributed by atoms with Crippen LogP contribution in [0.1, 0.15) is 19.3 Å². The van der Waals surface area contributed by atoms with Crippen LogP contribution in [0.4, 0.5) is 0 Å². The number of nitriles is 1. The maximum atomic E-state index is 11.4. The van der Waals surface area contributed by atoms with Crippen molar-refractivity contribution in [3.63, 3.8) is 0 Å². The molecule has 0 N–H and O–H groups in total. The molecule has 0 spiro atoms. The van der Waals surface area contributed by atoms with Crippen LogP contribution in [0.5, 0.6) is 0 Å². The molecule has 0 aromatic heterocycles. The molecule has 6 heteroatoms. The monoisotopic (exact) mass is 222 g/mol. The highest BCUT2D eigenvalue weighted by Gasteiger charge is 2.36. The average molecular weight is 223 g/mol. The molecular formula is C7H11ClN2O2S. The lowest BCUT2D eigenvalue weighted by Crippen LogP contribution is -2.34. The zero-order valence-corrected chi connectivity index (χ0v) is 8.68. The van der Waals surface area contributed by atoms with Gasteiger partial charge in [-0.15, -0.1) is 11.6 Å². The van der Waals surface area contributed by atoms with Gasteiger partial charge in [-0.25, -0.2) is 8.42 Å². The summed E-state index contributed by atoms with van der Waals surface area (Å²) >= 11 is 5.33. The predicted octanol–water partition coefficient (Wildman–Crippen LogP) is 0.891. The van der Waals surface area contributed by atoms with Crippen molar-refractivity contribution in [3.8, 4) is 6.07 Å². The molecule has 0 atom stereocenters. The number of halogens is 1. The second-order valence-corrected chi connectivity index (χ2v) is 5.48. The van der Waals surface area contributed by atoms with Gasteiger partial charge in [0.25, 0.3) is 0 Å². The minimum atomic E-state index is -3.32. The van der Waals surface area contributed by atoms with Crippen molar-refractivity contribution < 1.29 is 8.42 Å². The number of hydrogen-bond donors (Lipinski definition) is 0. The summed E-state index contributed by atoms with van der Waals surface area (Å²) in [7, 11) is -3.32. The molecule has 1 aliphatic carbocycles. The summed E-state index contributed by atoms with van der Waals surface area (Å²) in [6, 6.07) is 2.02. The lowest BCUT2D eigenvalue weighted by atomic mass is 10.4. The lowest BCUT2D eigenvalue weighted by Gasteiger charge is -2.18. The zero-order valence-electron chi connectivity index (χ0n) is 7.11. The lowest BCUT2D eigenvalue weighted by molar-refractivity contribution is 0.414. The van der Waals surface area contributed by atoms with Crippen LogP contribution in [0.25, 0.3) is 0 Å². The Kier molecular flexibility index (Phi) is 3.54. The quantitative estimate of drug-likeness (QED) is 0.649. The van der Waals surface area contributed by atoms with E-state index >= 15 is 0 Å². The minimum Gasteiger partial charge on any atom is -0.211 e. The van der Waals surface area contributed by atoms with Crippen LogP contribution in [0.2, 0.25) is 0 Å². The molecule has 0 aliphatic heterocycles. The summed E-state index contributed by atoms with van der Waals surface area (Å²) in [5.74, 6) is 0. The highest BCUT2D eigenvalue weighted by molar-refractivity contribution is 7.90. The van der Waals surface area contributed by atoms with Crippen molar-refractivity contribution in [2.45, 2.75) is 25.3 Å². The van der Waals surface area contributed by atoms with Crippen molar-refractivity contribution in [3.05, 3.63) is 0 Å². The topological polar surface area (TPSA) is 61.2 Å². The third-order valence-electron chi connectivity index (χ3n) is 1.89. The third-order valence-corrected chi connectivity index (χ3v) is 4.19. The van der Waals surface area contributed by atoms with Gasteiger partial charge in [0, 0.05) is 19.0 Å². The van der Waals surface area contributed by atoms with Gasteiger partial charge in [0.1, 0.15) is 5.21 Å². The Bertz CT molecular complexity index is 305. The molecule has 13 heavy (non-hydrogen) atoms. The first-order valence-corrected chi connectivity index (χ1v) is 6.18. The molecule has 4 nitrogen and oxygen atoms in total. The number of sulfonamides is 1. The molecule has 0 heterocycles. The molecule has 0 unspecified atom stereocenters. The van der Waals surface area contributed by atoms with Gasteiger partial charge in [-0.2, -0.15) is 9.57 Å². The summed E-state index contributed by atoms with van der Waals surface area (Å²) in [4.78, 5) is 0. The van der Waals surface area contributed by atoms with E-state index in [1.54, 1.807) is 0 Å². The highest BCUT2D eigenvalue weighted by Crippen LogP contribution is 2.29. The molecule has 0 aromatic carbocycles. The van der Waals surface area contributed by atoms with Gasteiger partial charge >= 0.3 is 0 Å². The van der Waals surface area contributed by atoms with Crippen LogP contribution in [0.3, 0.4) is 0 Å². The van der Waals surface area contributed by atoms with Crippen molar-refractivity contribution >= 4 is 21.6 Å². The van der Waals surface area contributed by atoms with Crippen LogP contribution < -0.4 is 0 Å². The Balaban J connectivity index is 2.63. The molecule has 74 valence electrons. The standard InChI is InChI=1S/C7H11ClN2O2S/c8-6-13(11,12)10(5-1-4-9)7-2-3-7/h7H,1-3,5-6H2. The summed E-state index contributed by atoms with van der Waals surface area (Å²) < 4.78 is 24.1. The van der Waals surface area contributed by atoms with Crippen molar-refractivity contribution in [1.82, 2.24) is 4.31 Å². The molecule has 0 saturated heterocycles. The van der Waals surface area contributed by atoms with Crippen LogP contribution >= 0.6 is 11.6 Å². The summed E-state index contributed by atoms with van der Waals surface area (Å²) in [5, 5.41) is 7.96. The first kappa shape index (κ1) is 10.8. The maximum Gasteiger partial charge on any atom is 0.228 e. The summed E-state index contributed by atoms with van der Waals surface area (Å²) in [5.41, 5.74) is 0. The fraction of sp³-hybridized carbons (Fsp3) is 0.857. The van der Waals surface area contributed by atoms with Crippen molar-refractivity contribution in [2.75, 3.05) is 11.8 Å². The minimum absolute atomic E-state index is 0.0945. The molecule has 0 bridgehead atoms. The third kappa shape index (κ3) is 2.83. The first-order chi connectivity index (χ1) is 6.11. The second-order valence-electron chi connectivity index (χ2n) is 2.97. The van der Waals surface area contributed by atoms with E-state index in [0.717, 1.165) is 12.8 Å². The fourth-order valence-corrected chi connectivity index (χ4v) is 2.67. The SMILES string of the molecule is N#CCCN(C1CC1)S(=O)(=O)CCl. The average Bonchev–Trinajstić information content (AvgIpc) is 2.89. The maximum absolute atomic E-state index is 11.4. The summed E-state index contributed by atoms with van der Waals surface area (Å²) in [6.45, 7) is 0.274. The largest absolute Gasteiger partial charge is 0.228 e. The molecule has 1 aliphatic rings.